The number of likely N-dealkylation sites (N-methyl/N-ethyl adjacent to an activating group) is 1. The van der Waals surface area contributed by atoms with Crippen molar-refractivity contribution in [2.24, 2.45) is 25.7 Å². The lowest BCUT2D eigenvalue weighted by Crippen LogP contribution is -2.22. The number of fused-ring (bicyclic) bond motifs is 2. The SMILES string of the molecule is CNC1=C(/N=C\CC#N)C2CC(N=C(C#N)C(C#N)=N2)C(/N=C\CC#N)=C1N. The molecule has 1 heterocycles. The molecule has 0 radical (unpaired) electrons. The highest BCUT2D eigenvalue weighted by Crippen LogP contribution is 2.32. The number of hydrogen-bond donors (Lipinski definition) is 2. The van der Waals surface area contributed by atoms with E-state index >= 15 is 0 Å². The third kappa shape index (κ3) is 4.09. The molecule has 28 heavy (non-hydrogen) atoms. The fourth-order valence-corrected chi connectivity index (χ4v) is 2.81. The number of nitrogens with two attached hydrogens (primary N) is 1. The van der Waals surface area contributed by atoms with E-state index in [0.29, 0.717) is 17.1 Å². The first kappa shape index (κ1) is 20.0. The van der Waals surface area contributed by atoms with Crippen molar-refractivity contribution in [3.05, 3.63) is 22.8 Å². The van der Waals surface area contributed by atoms with E-state index in [4.69, 9.17) is 16.3 Å². The van der Waals surface area contributed by atoms with Crippen LogP contribution in [0.25, 0.3) is 0 Å². The monoisotopic (exact) mass is 372 g/mol. The number of nitrogens with zero attached hydrogens (tertiary/aromatic N) is 8. The standard InChI is InChI=1S/C18H16N10/c1-24-18-15(23)16(25-6-2-4-19)11-8-12(17(18)26-7-3-5-20)28-14(10-22)13(9-21)27-11/h6-7,11-12,24H,2-3,8,23H2,1H3/b25-6-,26-7-. The molecule has 0 aromatic rings. The zero-order valence-corrected chi connectivity index (χ0v) is 15.1. The molecule has 10 nitrogen and oxygen atoms in total. The largest absolute Gasteiger partial charge is 0.395 e. The molecule has 1 aliphatic heterocycles. The van der Waals surface area contributed by atoms with Gasteiger partial charge in [0.25, 0.3) is 0 Å². The lowest BCUT2D eigenvalue weighted by atomic mass is 10.1. The van der Waals surface area contributed by atoms with Crippen molar-refractivity contribution in [3.8, 4) is 24.3 Å². The Bertz CT molecular complexity index is 995. The predicted octanol–water partition coefficient (Wildman–Crippen LogP) is 0.640. The molecule has 1 aliphatic carbocycles. The zero-order chi connectivity index (χ0) is 20.5. The van der Waals surface area contributed by atoms with Crippen molar-refractivity contribution >= 4 is 23.9 Å². The van der Waals surface area contributed by atoms with E-state index in [1.165, 1.54) is 12.4 Å². The van der Waals surface area contributed by atoms with Gasteiger partial charge in [-0.15, -0.1) is 0 Å². The van der Waals surface area contributed by atoms with Crippen molar-refractivity contribution in [2.45, 2.75) is 31.3 Å². The van der Waals surface area contributed by atoms with E-state index in [1.54, 1.807) is 7.05 Å². The second-order valence-electron chi connectivity index (χ2n) is 5.60. The Balaban J connectivity index is 2.76. The van der Waals surface area contributed by atoms with Crippen molar-refractivity contribution in [2.75, 3.05) is 7.05 Å². The van der Waals surface area contributed by atoms with Gasteiger partial charge in [-0.3, -0.25) is 20.0 Å². The van der Waals surface area contributed by atoms with E-state index in [-0.39, 0.29) is 36.4 Å². The molecule has 2 bridgehead atoms. The van der Waals surface area contributed by atoms with E-state index in [0.717, 1.165) is 0 Å². The molecule has 0 saturated heterocycles. The predicted molar refractivity (Wildman–Crippen MR) is 103 cm³/mol. The van der Waals surface area contributed by atoms with E-state index in [1.807, 2.05) is 24.3 Å². The van der Waals surface area contributed by atoms with Gasteiger partial charge >= 0.3 is 0 Å². The maximum atomic E-state index is 9.39. The minimum Gasteiger partial charge on any atom is -0.395 e. The highest BCUT2D eigenvalue weighted by molar-refractivity contribution is 6.53. The van der Waals surface area contributed by atoms with Crippen molar-refractivity contribution < 1.29 is 0 Å². The maximum absolute atomic E-state index is 9.39. The summed E-state index contributed by atoms with van der Waals surface area (Å²) in [5.74, 6) is 0. The minimum absolute atomic E-state index is 0.0769. The van der Waals surface area contributed by atoms with Gasteiger partial charge in [-0.1, -0.05) is 0 Å². The molecule has 2 aliphatic rings. The molecule has 138 valence electrons. The fraction of sp³-hybridized carbons (Fsp3) is 0.333. The van der Waals surface area contributed by atoms with Crippen LogP contribution in [0.4, 0.5) is 0 Å². The molecule has 0 aromatic carbocycles. The van der Waals surface area contributed by atoms with Gasteiger partial charge < -0.3 is 11.1 Å². The number of nitrogens with one attached hydrogen (secondary N) is 1. The molecule has 0 amide bonds. The van der Waals surface area contributed by atoms with Gasteiger partial charge in [-0.05, 0) is 0 Å². The first-order valence-electron chi connectivity index (χ1n) is 8.28. The normalized spacial score (nSPS) is 21.8. The topological polar surface area (TPSA) is 183 Å². The van der Waals surface area contributed by atoms with E-state index < -0.39 is 12.1 Å². The smallest absolute Gasteiger partial charge is 0.172 e. The highest BCUT2D eigenvalue weighted by atomic mass is 15.0. The molecular formula is C18H16N10. The molecule has 2 unspecified atom stereocenters. The molecule has 0 saturated carbocycles. The molecule has 2 atom stereocenters. The quantitative estimate of drug-likeness (QED) is 0.667. The van der Waals surface area contributed by atoms with Crippen LogP contribution in [-0.2, 0) is 0 Å². The molecule has 10 heteroatoms. The number of hydrogen-bond acceptors (Lipinski definition) is 10. The van der Waals surface area contributed by atoms with E-state index in [9.17, 15) is 10.5 Å². The average Bonchev–Trinajstić information content (AvgIpc) is 2.94. The second kappa shape index (κ2) is 9.43. The Morgan fingerprint density at radius 2 is 1.50 bits per heavy atom. The van der Waals surface area contributed by atoms with Gasteiger partial charge in [0.15, 0.2) is 11.4 Å². The summed E-state index contributed by atoms with van der Waals surface area (Å²) in [7, 11) is 1.65. The van der Waals surface area contributed by atoms with Gasteiger partial charge in [0.1, 0.15) is 12.1 Å². The average molecular weight is 372 g/mol. The summed E-state index contributed by atoms with van der Waals surface area (Å²) in [4.78, 5) is 17.4. The summed E-state index contributed by atoms with van der Waals surface area (Å²) in [5, 5.41) is 39.3. The molecular weight excluding hydrogens is 356 g/mol. The summed E-state index contributed by atoms with van der Waals surface area (Å²) >= 11 is 0. The lowest BCUT2D eigenvalue weighted by Gasteiger charge is -2.15. The van der Waals surface area contributed by atoms with Gasteiger partial charge in [0, 0.05) is 25.9 Å². The first-order chi connectivity index (χ1) is 13.6. The first-order valence-corrected chi connectivity index (χ1v) is 8.28. The highest BCUT2D eigenvalue weighted by Gasteiger charge is 2.34. The lowest BCUT2D eigenvalue weighted by molar-refractivity contribution is 0.619. The van der Waals surface area contributed by atoms with Crippen LogP contribution < -0.4 is 11.1 Å². The van der Waals surface area contributed by atoms with Crippen LogP contribution in [-0.4, -0.2) is 43.0 Å². The van der Waals surface area contributed by atoms with Gasteiger partial charge in [-0.2, -0.15) is 21.0 Å². The summed E-state index contributed by atoms with van der Waals surface area (Å²) < 4.78 is 0. The zero-order valence-electron chi connectivity index (χ0n) is 15.1. The third-order valence-corrected chi connectivity index (χ3v) is 3.96. The van der Waals surface area contributed by atoms with Gasteiger partial charge in [0.05, 0.1) is 59.9 Å². The molecule has 2 rings (SSSR count). The molecule has 3 N–H and O–H groups in total. The van der Waals surface area contributed by atoms with Crippen LogP contribution in [0.5, 0.6) is 0 Å². The Morgan fingerprint density at radius 1 is 1.00 bits per heavy atom. The fourth-order valence-electron chi connectivity index (χ4n) is 2.81. The summed E-state index contributed by atoms with van der Waals surface area (Å²) in [5.41, 5.74) is 7.61. The minimum atomic E-state index is -0.642. The number of nitriles is 4. The molecule has 0 fully saturated rings. The number of aliphatic imine (C=N–C) groups is 4. The summed E-state index contributed by atoms with van der Waals surface area (Å²) in [6.45, 7) is 0. The van der Waals surface area contributed by atoms with Gasteiger partial charge in [-0.25, -0.2) is 0 Å². The van der Waals surface area contributed by atoms with Crippen LogP contribution in [0.2, 0.25) is 0 Å². The van der Waals surface area contributed by atoms with Crippen LogP contribution in [0.1, 0.15) is 19.3 Å². The van der Waals surface area contributed by atoms with Crippen LogP contribution in [0, 0.1) is 45.3 Å². The van der Waals surface area contributed by atoms with Crippen molar-refractivity contribution in [3.63, 3.8) is 0 Å². The number of rotatable bonds is 5. The van der Waals surface area contributed by atoms with Crippen LogP contribution in [0.3, 0.4) is 0 Å². The third-order valence-electron chi connectivity index (χ3n) is 3.96. The Labute approximate surface area is 162 Å². The Morgan fingerprint density at radius 3 is 1.96 bits per heavy atom. The van der Waals surface area contributed by atoms with Crippen LogP contribution in [0.15, 0.2) is 42.8 Å². The maximum Gasteiger partial charge on any atom is 0.172 e. The van der Waals surface area contributed by atoms with Crippen molar-refractivity contribution in [1.29, 1.82) is 21.0 Å². The molecule has 0 spiro atoms. The molecule has 0 aromatic heterocycles. The van der Waals surface area contributed by atoms with Crippen LogP contribution >= 0.6 is 0 Å². The Hall–Kier alpha value is -4.28. The summed E-state index contributed by atoms with van der Waals surface area (Å²) in [6.07, 6.45) is 3.28. The Kier molecular flexibility index (Phi) is 6.75. The second-order valence-corrected chi connectivity index (χ2v) is 5.60. The summed E-state index contributed by atoms with van der Waals surface area (Å²) in [6, 6.07) is 6.46. The van der Waals surface area contributed by atoms with Crippen molar-refractivity contribution in [1.82, 2.24) is 5.32 Å². The van der Waals surface area contributed by atoms with E-state index in [2.05, 4.69) is 25.3 Å². The van der Waals surface area contributed by atoms with Gasteiger partial charge in [0.2, 0.25) is 0 Å².